The molecule has 0 fully saturated rings. The number of benzene rings is 3. The van der Waals surface area contributed by atoms with Gasteiger partial charge in [0.2, 0.25) is 0 Å². The topological polar surface area (TPSA) is 78.9 Å². The lowest BCUT2D eigenvalue weighted by molar-refractivity contribution is 0.0697. The monoisotopic (exact) mass is 440 g/mol. The molecule has 166 valence electrons. The minimum absolute atomic E-state index is 0.393. The molecule has 0 saturated heterocycles. The van der Waals surface area contributed by atoms with Gasteiger partial charge in [-0.1, -0.05) is 17.7 Å². The first-order valence-corrected chi connectivity index (χ1v) is 9.65. The molecule has 3 aromatic rings. The van der Waals surface area contributed by atoms with E-state index in [0.29, 0.717) is 17.1 Å². The van der Waals surface area contributed by atoms with Crippen LogP contribution in [0.1, 0.15) is 31.8 Å². The average molecular weight is 440 g/mol. The lowest BCUT2D eigenvalue weighted by Gasteiger charge is -2.20. The highest BCUT2D eigenvalue weighted by Crippen LogP contribution is 2.31. The maximum atomic E-state index is 15.0. The Morgan fingerprint density at radius 3 is 2.19 bits per heavy atom. The molecule has 0 radical (unpaired) electrons. The lowest BCUT2D eigenvalue weighted by Crippen LogP contribution is -2.28. The number of halogens is 2. The molecule has 0 bridgehead atoms. The summed E-state index contributed by atoms with van der Waals surface area (Å²) in [6, 6.07) is 12.4. The molecule has 8 heteroatoms. The second-order valence-electron chi connectivity index (χ2n) is 7.29. The third-order valence-electron chi connectivity index (χ3n) is 5.07. The Bertz CT molecular complexity index is 1190. The van der Waals surface area contributed by atoms with Gasteiger partial charge in [0, 0.05) is 18.4 Å². The zero-order valence-electron chi connectivity index (χ0n) is 18.0. The summed E-state index contributed by atoms with van der Waals surface area (Å²) in [5.74, 6) is -4.73. The summed E-state index contributed by atoms with van der Waals surface area (Å²) >= 11 is 0. The molecule has 0 aliphatic rings. The van der Waals surface area contributed by atoms with E-state index in [0.717, 1.165) is 22.1 Å². The smallest absolute Gasteiger partial charge is 0.337 e. The molecule has 2 N–H and O–H groups in total. The summed E-state index contributed by atoms with van der Waals surface area (Å²) in [7, 11) is 2.87. The van der Waals surface area contributed by atoms with Gasteiger partial charge >= 0.3 is 5.97 Å². The Hall–Kier alpha value is -3.94. The van der Waals surface area contributed by atoms with Crippen molar-refractivity contribution >= 4 is 28.9 Å². The van der Waals surface area contributed by atoms with Gasteiger partial charge in [-0.05, 0) is 55.8 Å². The largest absolute Gasteiger partial charge is 0.497 e. The van der Waals surface area contributed by atoms with Crippen LogP contribution in [0.4, 0.5) is 25.8 Å². The number of carbonyl (C=O) groups excluding carboxylic acids is 1. The van der Waals surface area contributed by atoms with Crippen molar-refractivity contribution in [1.82, 2.24) is 0 Å². The third-order valence-corrected chi connectivity index (χ3v) is 5.07. The summed E-state index contributed by atoms with van der Waals surface area (Å²) in [6.45, 7) is 3.63. The third kappa shape index (κ3) is 4.39. The summed E-state index contributed by atoms with van der Waals surface area (Å²) in [5.41, 5.74) is 0.697. The molecule has 3 aromatic carbocycles. The zero-order valence-corrected chi connectivity index (χ0v) is 18.0. The number of hydrogen-bond acceptors (Lipinski definition) is 4. The van der Waals surface area contributed by atoms with E-state index in [1.807, 2.05) is 13.0 Å². The van der Waals surface area contributed by atoms with E-state index in [9.17, 15) is 19.1 Å². The van der Waals surface area contributed by atoms with Crippen LogP contribution in [-0.2, 0) is 0 Å². The van der Waals surface area contributed by atoms with Crippen LogP contribution in [0.25, 0.3) is 0 Å². The van der Waals surface area contributed by atoms with E-state index < -0.39 is 40.3 Å². The number of hydrogen-bond donors (Lipinski definition) is 2. The van der Waals surface area contributed by atoms with Crippen molar-refractivity contribution < 1.29 is 28.2 Å². The highest BCUT2D eigenvalue weighted by atomic mass is 19.2. The Morgan fingerprint density at radius 2 is 1.62 bits per heavy atom. The van der Waals surface area contributed by atoms with Gasteiger partial charge in [0.1, 0.15) is 5.75 Å². The highest BCUT2D eigenvalue weighted by molar-refractivity contribution is 6.08. The molecule has 6 nitrogen and oxygen atoms in total. The van der Waals surface area contributed by atoms with Crippen LogP contribution in [0.15, 0.2) is 48.5 Å². The van der Waals surface area contributed by atoms with Gasteiger partial charge in [-0.25, -0.2) is 13.6 Å². The average Bonchev–Trinajstić information content (AvgIpc) is 2.77. The van der Waals surface area contributed by atoms with Crippen molar-refractivity contribution in [3.63, 3.8) is 0 Å². The van der Waals surface area contributed by atoms with Gasteiger partial charge in [-0.3, -0.25) is 4.79 Å². The standard InChI is InChI=1S/C24H22F2N2O4/c1-13-5-10-19(14(2)11-13)27-22-18(24(30)31)12-17(20(25)21(22)26)23(29)28(3)15-6-8-16(32-4)9-7-15/h5-12,27H,1-4H3,(H,30,31). The number of amides is 1. The van der Waals surface area contributed by atoms with Crippen LogP contribution >= 0.6 is 0 Å². The van der Waals surface area contributed by atoms with Crippen LogP contribution in [-0.4, -0.2) is 31.1 Å². The first-order valence-electron chi connectivity index (χ1n) is 9.65. The molecule has 0 unspecified atom stereocenters. The van der Waals surface area contributed by atoms with Crippen molar-refractivity contribution in [3.8, 4) is 5.75 Å². The number of aryl methyl sites for hydroxylation is 2. The maximum absolute atomic E-state index is 15.0. The first-order chi connectivity index (χ1) is 15.1. The van der Waals surface area contributed by atoms with E-state index >= 15 is 4.39 Å². The van der Waals surface area contributed by atoms with Crippen LogP contribution in [0.5, 0.6) is 5.75 Å². The minimum atomic E-state index is -1.50. The van der Waals surface area contributed by atoms with Crippen molar-refractivity contribution in [2.75, 3.05) is 24.4 Å². The molecule has 0 heterocycles. The van der Waals surface area contributed by atoms with Crippen LogP contribution in [0.3, 0.4) is 0 Å². The molecule has 0 atom stereocenters. The van der Waals surface area contributed by atoms with Gasteiger partial charge in [-0.2, -0.15) is 0 Å². The molecule has 0 saturated carbocycles. The number of anilines is 3. The summed E-state index contributed by atoms with van der Waals surface area (Å²) in [6.07, 6.45) is 0. The Balaban J connectivity index is 2.04. The van der Waals surface area contributed by atoms with Crippen LogP contribution < -0.4 is 15.0 Å². The Morgan fingerprint density at radius 1 is 0.969 bits per heavy atom. The van der Waals surface area contributed by atoms with E-state index in [1.165, 1.54) is 14.2 Å². The van der Waals surface area contributed by atoms with Crippen molar-refractivity contribution in [2.45, 2.75) is 13.8 Å². The molecule has 0 spiro atoms. The number of carboxylic acid groups (broad SMARTS) is 1. The summed E-state index contributed by atoms with van der Waals surface area (Å²) in [5, 5.41) is 12.3. The predicted octanol–water partition coefficient (Wildman–Crippen LogP) is 5.31. The number of carboxylic acids is 1. The van der Waals surface area contributed by atoms with E-state index in [-0.39, 0.29) is 0 Å². The van der Waals surface area contributed by atoms with E-state index in [4.69, 9.17) is 4.74 Å². The number of nitrogens with one attached hydrogen (secondary N) is 1. The predicted molar refractivity (Wildman–Crippen MR) is 118 cm³/mol. The molecule has 0 aromatic heterocycles. The van der Waals surface area contributed by atoms with E-state index in [1.54, 1.807) is 43.3 Å². The normalized spacial score (nSPS) is 10.6. The fourth-order valence-electron chi connectivity index (χ4n) is 3.26. The van der Waals surface area contributed by atoms with Gasteiger partial charge in [-0.15, -0.1) is 0 Å². The van der Waals surface area contributed by atoms with Gasteiger partial charge in [0.05, 0.1) is 23.9 Å². The fraction of sp³-hybridized carbons (Fsp3) is 0.167. The molecule has 0 aliphatic heterocycles. The lowest BCUT2D eigenvalue weighted by atomic mass is 10.0. The minimum Gasteiger partial charge on any atom is -0.497 e. The van der Waals surface area contributed by atoms with Gasteiger partial charge in [0.25, 0.3) is 5.91 Å². The van der Waals surface area contributed by atoms with Crippen LogP contribution in [0.2, 0.25) is 0 Å². The van der Waals surface area contributed by atoms with Crippen molar-refractivity contribution in [1.29, 1.82) is 0 Å². The number of ether oxygens (including phenoxy) is 1. The number of methoxy groups -OCH3 is 1. The Labute approximate surface area is 184 Å². The SMILES string of the molecule is COc1ccc(N(C)C(=O)c2cc(C(=O)O)c(Nc3ccc(C)cc3C)c(F)c2F)cc1. The zero-order chi connectivity index (χ0) is 23.6. The fourth-order valence-corrected chi connectivity index (χ4v) is 3.26. The number of carbonyl (C=O) groups is 2. The van der Waals surface area contributed by atoms with Crippen LogP contribution in [0, 0.1) is 25.5 Å². The second kappa shape index (κ2) is 9.05. The van der Waals surface area contributed by atoms with Gasteiger partial charge in [0.15, 0.2) is 11.6 Å². The summed E-state index contributed by atoms with van der Waals surface area (Å²) < 4.78 is 35.0. The molecular weight excluding hydrogens is 418 g/mol. The first kappa shape index (κ1) is 22.7. The molecule has 0 aliphatic carbocycles. The highest BCUT2D eigenvalue weighted by Gasteiger charge is 2.28. The second-order valence-corrected chi connectivity index (χ2v) is 7.29. The molecule has 32 heavy (non-hydrogen) atoms. The van der Waals surface area contributed by atoms with Crippen molar-refractivity contribution in [3.05, 3.63) is 82.4 Å². The molecular formula is C24H22F2N2O4. The summed E-state index contributed by atoms with van der Waals surface area (Å²) in [4.78, 5) is 25.8. The quantitative estimate of drug-likeness (QED) is 0.543. The van der Waals surface area contributed by atoms with Gasteiger partial charge < -0.3 is 20.1 Å². The van der Waals surface area contributed by atoms with Crippen molar-refractivity contribution in [2.24, 2.45) is 0 Å². The van der Waals surface area contributed by atoms with E-state index in [2.05, 4.69) is 5.32 Å². The maximum Gasteiger partial charge on any atom is 0.337 e. The number of aromatic carboxylic acids is 1. The molecule has 3 rings (SSSR count). The molecule has 1 amide bonds. The Kier molecular flexibility index (Phi) is 6.43. The number of rotatable bonds is 6. The number of nitrogens with zero attached hydrogens (tertiary/aromatic N) is 1.